The standard InChI is InChI=1S/C15H12O3/c1-9(16)12-6-7-18-15(12)11-2-4-13-10(8-11)3-5-14(13)17/h2,4,6-8H,3,5H2,1H3. The van der Waals surface area contributed by atoms with Crippen molar-refractivity contribution >= 4 is 11.6 Å². The van der Waals surface area contributed by atoms with Crippen molar-refractivity contribution in [2.45, 2.75) is 19.8 Å². The molecule has 1 aliphatic rings. The van der Waals surface area contributed by atoms with Gasteiger partial charge >= 0.3 is 0 Å². The summed E-state index contributed by atoms with van der Waals surface area (Å²) in [5, 5.41) is 0. The Kier molecular flexibility index (Phi) is 2.40. The Morgan fingerprint density at radius 2 is 2.06 bits per heavy atom. The van der Waals surface area contributed by atoms with Crippen LogP contribution in [0.25, 0.3) is 11.3 Å². The van der Waals surface area contributed by atoms with Crippen LogP contribution in [0.4, 0.5) is 0 Å². The van der Waals surface area contributed by atoms with Crippen molar-refractivity contribution in [2.75, 3.05) is 0 Å². The minimum absolute atomic E-state index is 0.0182. The zero-order chi connectivity index (χ0) is 12.7. The molecule has 0 aliphatic heterocycles. The fraction of sp³-hybridized carbons (Fsp3) is 0.200. The first kappa shape index (κ1) is 11.0. The van der Waals surface area contributed by atoms with Crippen molar-refractivity contribution in [2.24, 2.45) is 0 Å². The van der Waals surface area contributed by atoms with E-state index >= 15 is 0 Å². The molecular formula is C15H12O3. The lowest BCUT2D eigenvalue weighted by atomic mass is 10.0. The van der Waals surface area contributed by atoms with Crippen molar-refractivity contribution < 1.29 is 14.0 Å². The average Bonchev–Trinajstić information content (AvgIpc) is 2.96. The van der Waals surface area contributed by atoms with E-state index in [0.717, 1.165) is 23.1 Å². The third-order valence-electron chi connectivity index (χ3n) is 3.33. The van der Waals surface area contributed by atoms with Crippen LogP contribution in [0.1, 0.15) is 39.6 Å². The Morgan fingerprint density at radius 1 is 1.22 bits per heavy atom. The number of hydrogen-bond donors (Lipinski definition) is 0. The van der Waals surface area contributed by atoms with E-state index in [1.165, 1.54) is 13.2 Å². The topological polar surface area (TPSA) is 47.3 Å². The van der Waals surface area contributed by atoms with Gasteiger partial charge in [-0.25, -0.2) is 0 Å². The lowest BCUT2D eigenvalue weighted by Crippen LogP contribution is -1.94. The molecule has 0 spiro atoms. The third-order valence-corrected chi connectivity index (χ3v) is 3.33. The lowest BCUT2D eigenvalue weighted by Gasteiger charge is -2.03. The van der Waals surface area contributed by atoms with E-state index in [2.05, 4.69) is 0 Å². The highest BCUT2D eigenvalue weighted by atomic mass is 16.3. The number of ketones is 2. The number of fused-ring (bicyclic) bond motifs is 1. The van der Waals surface area contributed by atoms with Gasteiger partial charge in [-0.2, -0.15) is 0 Å². The number of hydrogen-bond acceptors (Lipinski definition) is 3. The van der Waals surface area contributed by atoms with Gasteiger partial charge in [0.05, 0.1) is 11.8 Å². The molecule has 2 aromatic rings. The summed E-state index contributed by atoms with van der Waals surface area (Å²) < 4.78 is 5.39. The van der Waals surface area contributed by atoms with Gasteiger partial charge in [-0.15, -0.1) is 0 Å². The van der Waals surface area contributed by atoms with Crippen LogP contribution >= 0.6 is 0 Å². The summed E-state index contributed by atoms with van der Waals surface area (Å²) >= 11 is 0. The number of aryl methyl sites for hydroxylation is 1. The maximum absolute atomic E-state index is 11.6. The lowest BCUT2D eigenvalue weighted by molar-refractivity contribution is 0.0991. The van der Waals surface area contributed by atoms with Crippen LogP contribution in [-0.2, 0) is 6.42 Å². The zero-order valence-electron chi connectivity index (χ0n) is 10.0. The highest BCUT2D eigenvalue weighted by Gasteiger charge is 2.21. The van der Waals surface area contributed by atoms with Gasteiger partial charge in [-0.05, 0) is 31.0 Å². The summed E-state index contributed by atoms with van der Waals surface area (Å²) in [6, 6.07) is 7.29. The summed E-state index contributed by atoms with van der Waals surface area (Å²) in [7, 11) is 0. The van der Waals surface area contributed by atoms with Crippen molar-refractivity contribution in [3.63, 3.8) is 0 Å². The van der Waals surface area contributed by atoms with Gasteiger partial charge in [-0.3, -0.25) is 9.59 Å². The Balaban J connectivity index is 2.11. The number of Topliss-reactive ketones (excluding diaryl/α,β-unsaturated/α-hetero) is 2. The van der Waals surface area contributed by atoms with Crippen molar-refractivity contribution in [3.8, 4) is 11.3 Å². The van der Waals surface area contributed by atoms with Gasteiger partial charge in [0.15, 0.2) is 11.6 Å². The smallest absolute Gasteiger partial charge is 0.163 e. The molecule has 1 heterocycles. The molecule has 0 unspecified atom stereocenters. The molecule has 0 amide bonds. The van der Waals surface area contributed by atoms with Gasteiger partial charge in [0.25, 0.3) is 0 Å². The molecule has 1 aliphatic carbocycles. The summed E-state index contributed by atoms with van der Waals surface area (Å²) in [6.45, 7) is 1.52. The molecule has 0 atom stereocenters. The minimum Gasteiger partial charge on any atom is -0.464 e. The van der Waals surface area contributed by atoms with Crippen LogP contribution in [0.15, 0.2) is 34.9 Å². The Bertz CT molecular complexity index is 650. The fourth-order valence-electron chi connectivity index (χ4n) is 2.41. The number of benzene rings is 1. The van der Waals surface area contributed by atoms with Gasteiger partial charge in [-0.1, -0.05) is 12.1 Å². The normalized spacial score (nSPS) is 13.7. The molecule has 1 aromatic heterocycles. The second kappa shape index (κ2) is 3.95. The van der Waals surface area contributed by atoms with Crippen LogP contribution in [-0.4, -0.2) is 11.6 Å². The molecule has 0 fully saturated rings. The maximum Gasteiger partial charge on any atom is 0.163 e. The van der Waals surface area contributed by atoms with Crippen LogP contribution in [0.5, 0.6) is 0 Å². The van der Waals surface area contributed by atoms with Crippen molar-refractivity contribution in [3.05, 3.63) is 47.2 Å². The average molecular weight is 240 g/mol. The van der Waals surface area contributed by atoms with Crippen LogP contribution < -0.4 is 0 Å². The summed E-state index contributed by atoms with van der Waals surface area (Å²) in [4.78, 5) is 23.0. The number of carbonyl (C=O) groups is 2. The molecule has 1 aromatic carbocycles. The predicted octanol–water partition coefficient (Wildman–Crippen LogP) is 3.28. The molecule has 90 valence electrons. The molecule has 0 bridgehead atoms. The second-order valence-electron chi connectivity index (χ2n) is 4.51. The Hall–Kier alpha value is -2.16. The number of carbonyl (C=O) groups excluding carboxylic acids is 2. The monoisotopic (exact) mass is 240 g/mol. The highest BCUT2D eigenvalue weighted by molar-refractivity contribution is 6.02. The summed E-state index contributed by atoms with van der Waals surface area (Å²) in [5.74, 6) is 0.766. The Morgan fingerprint density at radius 3 is 2.83 bits per heavy atom. The first-order valence-corrected chi connectivity index (χ1v) is 5.92. The van der Waals surface area contributed by atoms with E-state index in [0.29, 0.717) is 17.7 Å². The minimum atomic E-state index is -0.0182. The molecule has 0 saturated heterocycles. The van der Waals surface area contributed by atoms with Gasteiger partial charge in [0.2, 0.25) is 0 Å². The zero-order valence-corrected chi connectivity index (χ0v) is 10.0. The molecule has 3 nitrogen and oxygen atoms in total. The molecule has 18 heavy (non-hydrogen) atoms. The van der Waals surface area contributed by atoms with E-state index in [9.17, 15) is 9.59 Å². The first-order chi connectivity index (χ1) is 8.66. The van der Waals surface area contributed by atoms with E-state index in [1.54, 1.807) is 6.07 Å². The highest BCUT2D eigenvalue weighted by Crippen LogP contribution is 2.30. The third kappa shape index (κ3) is 1.59. The molecule has 3 heteroatoms. The van der Waals surface area contributed by atoms with Crippen molar-refractivity contribution in [1.82, 2.24) is 0 Å². The van der Waals surface area contributed by atoms with Crippen molar-refractivity contribution in [1.29, 1.82) is 0 Å². The van der Waals surface area contributed by atoms with E-state index < -0.39 is 0 Å². The predicted molar refractivity (Wildman–Crippen MR) is 66.8 cm³/mol. The van der Waals surface area contributed by atoms with E-state index in [1.807, 2.05) is 18.2 Å². The van der Waals surface area contributed by atoms with Gasteiger partial charge in [0, 0.05) is 17.5 Å². The maximum atomic E-state index is 11.6. The Labute approximate surface area is 104 Å². The first-order valence-electron chi connectivity index (χ1n) is 5.92. The largest absolute Gasteiger partial charge is 0.464 e. The van der Waals surface area contributed by atoms with Crippen LogP contribution in [0.3, 0.4) is 0 Å². The number of rotatable bonds is 2. The molecule has 3 rings (SSSR count). The van der Waals surface area contributed by atoms with Gasteiger partial charge in [0.1, 0.15) is 5.76 Å². The van der Waals surface area contributed by atoms with E-state index in [-0.39, 0.29) is 11.6 Å². The molecule has 0 N–H and O–H groups in total. The molecule has 0 radical (unpaired) electrons. The van der Waals surface area contributed by atoms with Gasteiger partial charge < -0.3 is 4.42 Å². The fourth-order valence-corrected chi connectivity index (χ4v) is 2.41. The van der Waals surface area contributed by atoms with Crippen LogP contribution in [0.2, 0.25) is 0 Å². The summed E-state index contributed by atoms with van der Waals surface area (Å²) in [5.41, 5.74) is 3.29. The van der Waals surface area contributed by atoms with Crippen LogP contribution in [0, 0.1) is 0 Å². The summed E-state index contributed by atoms with van der Waals surface area (Å²) in [6.07, 6.45) is 2.87. The molecular weight excluding hydrogens is 228 g/mol. The SMILES string of the molecule is CC(=O)c1ccoc1-c1ccc2c(c1)CCC2=O. The van der Waals surface area contributed by atoms with E-state index in [4.69, 9.17) is 4.42 Å². The second-order valence-corrected chi connectivity index (χ2v) is 4.51. The quantitative estimate of drug-likeness (QED) is 0.757. The molecule has 0 saturated carbocycles. The number of furan rings is 1.